The van der Waals surface area contributed by atoms with Crippen LogP contribution < -0.4 is 0 Å². The SMILES string of the molecule is CC1CCCCC1OCC(=O)N1CCC(C(=O)O)C1C. The van der Waals surface area contributed by atoms with Crippen molar-refractivity contribution in [1.29, 1.82) is 0 Å². The van der Waals surface area contributed by atoms with Crippen LogP contribution in [0.2, 0.25) is 0 Å². The first-order valence-corrected chi connectivity index (χ1v) is 7.64. The third kappa shape index (κ3) is 3.32. The van der Waals surface area contributed by atoms with Crippen molar-refractivity contribution in [3.8, 4) is 0 Å². The number of amides is 1. The molecule has 0 radical (unpaired) electrons. The molecule has 0 spiro atoms. The Hall–Kier alpha value is -1.10. The molecule has 4 atom stereocenters. The van der Waals surface area contributed by atoms with Gasteiger partial charge in [-0.2, -0.15) is 0 Å². The summed E-state index contributed by atoms with van der Waals surface area (Å²) >= 11 is 0. The molecule has 114 valence electrons. The molecule has 5 heteroatoms. The maximum atomic E-state index is 12.2. The zero-order valence-corrected chi connectivity index (χ0v) is 12.4. The first kappa shape index (κ1) is 15.3. The fourth-order valence-electron chi connectivity index (χ4n) is 3.41. The average Bonchev–Trinajstić information content (AvgIpc) is 2.79. The monoisotopic (exact) mass is 283 g/mol. The van der Waals surface area contributed by atoms with E-state index in [1.807, 2.05) is 6.92 Å². The number of carboxylic acid groups (broad SMARTS) is 1. The Morgan fingerprint density at radius 1 is 1.20 bits per heavy atom. The number of hydrogen-bond acceptors (Lipinski definition) is 3. The molecule has 5 nitrogen and oxygen atoms in total. The Labute approximate surface area is 120 Å². The van der Waals surface area contributed by atoms with Crippen molar-refractivity contribution in [2.45, 2.75) is 58.1 Å². The van der Waals surface area contributed by atoms with Crippen LogP contribution in [0.25, 0.3) is 0 Å². The number of nitrogens with zero attached hydrogens (tertiary/aromatic N) is 1. The van der Waals surface area contributed by atoms with Gasteiger partial charge in [-0.25, -0.2) is 0 Å². The maximum absolute atomic E-state index is 12.2. The van der Waals surface area contributed by atoms with Gasteiger partial charge in [-0.1, -0.05) is 19.8 Å². The lowest BCUT2D eigenvalue weighted by Crippen LogP contribution is -2.41. The van der Waals surface area contributed by atoms with Gasteiger partial charge in [0.05, 0.1) is 12.0 Å². The molecular formula is C15H25NO4. The summed E-state index contributed by atoms with van der Waals surface area (Å²) in [5, 5.41) is 9.08. The molecule has 1 saturated heterocycles. The molecule has 0 aromatic heterocycles. The third-order valence-corrected chi connectivity index (χ3v) is 4.85. The normalized spacial score (nSPS) is 34.2. The van der Waals surface area contributed by atoms with Crippen molar-refractivity contribution in [2.24, 2.45) is 11.8 Å². The highest BCUT2D eigenvalue weighted by atomic mass is 16.5. The van der Waals surface area contributed by atoms with Crippen molar-refractivity contribution >= 4 is 11.9 Å². The number of carboxylic acids is 1. The molecule has 1 heterocycles. The van der Waals surface area contributed by atoms with Crippen LogP contribution in [0, 0.1) is 11.8 Å². The van der Waals surface area contributed by atoms with E-state index in [4.69, 9.17) is 9.84 Å². The summed E-state index contributed by atoms with van der Waals surface area (Å²) in [6.45, 7) is 4.60. The molecular weight excluding hydrogens is 258 g/mol. The number of likely N-dealkylation sites (tertiary alicyclic amines) is 1. The topological polar surface area (TPSA) is 66.8 Å². The first-order chi connectivity index (χ1) is 9.50. The van der Waals surface area contributed by atoms with E-state index in [-0.39, 0.29) is 24.7 Å². The van der Waals surface area contributed by atoms with E-state index in [1.54, 1.807) is 4.90 Å². The largest absolute Gasteiger partial charge is 0.481 e. The van der Waals surface area contributed by atoms with E-state index in [1.165, 1.54) is 19.3 Å². The van der Waals surface area contributed by atoms with Crippen LogP contribution in [-0.2, 0) is 14.3 Å². The van der Waals surface area contributed by atoms with Gasteiger partial charge >= 0.3 is 5.97 Å². The lowest BCUT2D eigenvalue weighted by Gasteiger charge is -2.30. The van der Waals surface area contributed by atoms with Gasteiger partial charge in [-0.05, 0) is 32.1 Å². The van der Waals surface area contributed by atoms with Crippen LogP contribution in [0.1, 0.15) is 46.0 Å². The number of aliphatic carboxylic acids is 1. The van der Waals surface area contributed by atoms with Crippen LogP contribution in [0.3, 0.4) is 0 Å². The standard InChI is InChI=1S/C15H25NO4/c1-10-5-3-4-6-13(10)20-9-14(17)16-8-7-12(11(16)2)15(18)19/h10-13H,3-9H2,1-2H3,(H,18,19). The molecule has 2 rings (SSSR count). The molecule has 0 bridgehead atoms. The molecule has 2 fully saturated rings. The number of carbonyl (C=O) groups is 2. The summed E-state index contributed by atoms with van der Waals surface area (Å²) in [6.07, 6.45) is 5.34. The van der Waals surface area contributed by atoms with Crippen molar-refractivity contribution in [1.82, 2.24) is 4.90 Å². The fourth-order valence-corrected chi connectivity index (χ4v) is 3.41. The van der Waals surface area contributed by atoms with E-state index in [9.17, 15) is 9.59 Å². The van der Waals surface area contributed by atoms with Crippen LogP contribution in [0.5, 0.6) is 0 Å². The number of ether oxygens (including phenoxy) is 1. The number of rotatable bonds is 4. The molecule has 20 heavy (non-hydrogen) atoms. The van der Waals surface area contributed by atoms with Crippen molar-refractivity contribution in [3.05, 3.63) is 0 Å². The Balaban J connectivity index is 1.82. The zero-order chi connectivity index (χ0) is 14.7. The highest BCUT2D eigenvalue weighted by Crippen LogP contribution is 2.27. The highest BCUT2D eigenvalue weighted by molar-refractivity contribution is 5.80. The minimum atomic E-state index is -0.811. The second-order valence-corrected chi connectivity index (χ2v) is 6.17. The van der Waals surface area contributed by atoms with Crippen molar-refractivity contribution in [3.63, 3.8) is 0 Å². The summed E-state index contributed by atoms with van der Waals surface area (Å²) in [4.78, 5) is 24.9. The molecule has 2 aliphatic rings. The van der Waals surface area contributed by atoms with Crippen LogP contribution in [-0.4, -0.2) is 47.2 Å². The minimum absolute atomic E-state index is 0.0703. The molecule has 1 N–H and O–H groups in total. The van der Waals surface area contributed by atoms with Gasteiger partial charge < -0.3 is 14.7 Å². The zero-order valence-electron chi connectivity index (χ0n) is 12.4. The molecule has 1 aliphatic heterocycles. The van der Waals surface area contributed by atoms with E-state index in [0.717, 1.165) is 6.42 Å². The van der Waals surface area contributed by atoms with Crippen LogP contribution in [0.4, 0.5) is 0 Å². The number of carbonyl (C=O) groups excluding carboxylic acids is 1. The Kier molecular flexibility index (Phi) is 5.02. The van der Waals surface area contributed by atoms with E-state index in [0.29, 0.717) is 18.9 Å². The summed E-state index contributed by atoms with van der Waals surface area (Å²) in [6, 6.07) is -0.229. The quantitative estimate of drug-likeness (QED) is 0.855. The molecule has 0 aromatic carbocycles. The Morgan fingerprint density at radius 2 is 1.90 bits per heavy atom. The van der Waals surface area contributed by atoms with Gasteiger partial charge in [0.2, 0.25) is 5.91 Å². The van der Waals surface area contributed by atoms with Gasteiger partial charge in [0.1, 0.15) is 6.61 Å². The Bertz CT molecular complexity index is 371. The molecule has 1 saturated carbocycles. The predicted molar refractivity (Wildman–Crippen MR) is 74.3 cm³/mol. The van der Waals surface area contributed by atoms with E-state index < -0.39 is 11.9 Å². The van der Waals surface area contributed by atoms with Crippen molar-refractivity contribution < 1.29 is 19.4 Å². The van der Waals surface area contributed by atoms with Gasteiger partial charge in [0, 0.05) is 12.6 Å². The van der Waals surface area contributed by atoms with Gasteiger partial charge in [0.15, 0.2) is 0 Å². The third-order valence-electron chi connectivity index (χ3n) is 4.85. The highest BCUT2D eigenvalue weighted by Gasteiger charge is 2.38. The van der Waals surface area contributed by atoms with E-state index in [2.05, 4.69) is 6.92 Å². The lowest BCUT2D eigenvalue weighted by molar-refractivity contribution is -0.145. The fraction of sp³-hybridized carbons (Fsp3) is 0.867. The van der Waals surface area contributed by atoms with Crippen LogP contribution in [0.15, 0.2) is 0 Å². The van der Waals surface area contributed by atoms with Gasteiger partial charge in [0.25, 0.3) is 0 Å². The van der Waals surface area contributed by atoms with Gasteiger partial charge in [-0.15, -0.1) is 0 Å². The maximum Gasteiger partial charge on any atom is 0.308 e. The molecule has 1 amide bonds. The number of hydrogen-bond donors (Lipinski definition) is 1. The lowest BCUT2D eigenvalue weighted by atomic mass is 9.88. The van der Waals surface area contributed by atoms with Gasteiger partial charge in [-0.3, -0.25) is 9.59 Å². The Morgan fingerprint density at radius 3 is 2.50 bits per heavy atom. The molecule has 1 aliphatic carbocycles. The summed E-state index contributed by atoms with van der Waals surface area (Å²) < 4.78 is 5.77. The first-order valence-electron chi connectivity index (χ1n) is 7.64. The summed E-state index contributed by atoms with van der Waals surface area (Å²) in [7, 11) is 0. The smallest absolute Gasteiger partial charge is 0.308 e. The van der Waals surface area contributed by atoms with Crippen LogP contribution >= 0.6 is 0 Å². The average molecular weight is 283 g/mol. The second-order valence-electron chi connectivity index (χ2n) is 6.17. The molecule has 4 unspecified atom stereocenters. The minimum Gasteiger partial charge on any atom is -0.481 e. The summed E-state index contributed by atoms with van der Waals surface area (Å²) in [5.74, 6) is -0.805. The summed E-state index contributed by atoms with van der Waals surface area (Å²) in [5.41, 5.74) is 0. The van der Waals surface area contributed by atoms with Crippen molar-refractivity contribution in [2.75, 3.05) is 13.2 Å². The predicted octanol–water partition coefficient (Wildman–Crippen LogP) is 1.90. The van der Waals surface area contributed by atoms with E-state index >= 15 is 0 Å². The molecule has 0 aromatic rings. The second kappa shape index (κ2) is 6.57.